The monoisotopic (exact) mass is 307 g/mol. The van der Waals surface area contributed by atoms with E-state index in [0.29, 0.717) is 6.61 Å². The molecular formula is C18H29NO3. The highest BCUT2D eigenvalue weighted by Gasteiger charge is 2.41. The Hall–Kier alpha value is -1.10. The van der Waals surface area contributed by atoms with E-state index in [2.05, 4.69) is 11.8 Å². The quantitative estimate of drug-likeness (QED) is 0.724. The van der Waals surface area contributed by atoms with E-state index in [9.17, 15) is 10.2 Å². The summed E-state index contributed by atoms with van der Waals surface area (Å²) in [5.74, 6) is 0.909. The minimum Gasteiger partial charge on any atom is -0.494 e. The number of rotatable bonds is 8. The lowest BCUT2D eigenvalue weighted by Crippen LogP contribution is -2.53. The number of aliphatic hydroxyl groups excluding tert-OH is 2. The van der Waals surface area contributed by atoms with E-state index in [4.69, 9.17) is 4.74 Å². The molecule has 1 saturated heterocycles. The molecule has 0 aliphatic carbocycles. The molecule has 1 aliphatic rings. The van der Waals surface area contributed by atoms with Crippen molar-refractivity contribution < 1.29 is 14.9 Å². The summed E-state index contributed by atoms with van der Waals surface area (Å²) in [4.78, 5) is 2.35. The molecule has 1 aromatic rings. The van der Waals surface area contributed by atoms with E-state index >= 15 is 0 Å². The van der Waals surface area contributed by atoms with Crippen LogP contribution in [-0.2, 0) is 0 Å². The Morgan fingerprint density at radius 3 is 2.77 bits per heavy atom. The van der Waals surface area contributed by atoms with E-state index in [-0.39, 0.29) is 18.1 Å². The van der Waals surface area contributed by atoms with Crippen LogP contribution >= 0.6 is 0 Å². The van der Waals surface area contributed by atoms with E-state index in [0.717, 1.165) is 51.1 Å². The highest BCUT2D eigenvalue weighted by molar-refractivity contribution is 5.20. The van der Waals surface area contributed by atoms with Crippen LogP contribution in [0.15, 0.2) is 30.3 Å². The molecule has 1 aromatic carbocycles. The van der Waals surface area contributed by atoms with Crippen molar-refractivity contribution in [3.63, 3.8) is 0 Å². The van der Waals surface area contributed by atoms with Crippen LogP contribution in [0, 0.1) is 5.41 Å². The third kappa shape index (κ3) is 4.45. The normalized spacial score (nSPS) is 26.0. The van der Waals surface area contributed by atoms with Gasteiger partial charge in [-0.1, -0.05) is 31.5 Å². The number of hydrogen-bond donors (Lipinski definition) is 2. The van der Waals surface area contributed by atoms with Crippen molar-refractivity contribution >= 4 is 0 Å². The average molecular weight is 307 g/mol. The molecule has 22 heavy (non-hydrogen) atoms. The average Bonchev–Trinajstić information content (AvgIpc) is 2.55. The molecule has 0 bridgehead atoms. The molecule has 1 heterocycles. The maximum atomic E-state index is 10.3. The smallest absolute Gasteiger partial charge is 0.119 e. The molecule has 0 radical (unpaired) electrons. The van der Waals surface area contributed by atoms with Gasteiger partial charge in [0.05, 0.1) is 19.3 Å². The summed E-state index contributed by atoms with van der Waals surface area (Å²) in [7, 11) is 0. The van der Waals surface area contributed by atoms with Crippen LogP contribution in [-0.4, -0.2) is 54.1 Å². The van der Waals surface area contributed by atoms with Gasteiger partial charge in [-0.2, -0.15) is 0 Å². The summed E-state index contributed by atoms with van der Waals surface area (Å²) in [5.41, 5.74) is -0.340. The number of likely N-dealkylation sites (tertiary alicyclic amines) is 1. The van der Waals surface area contributed by atoms with Gasteiger partial charge < -0.3 is 19.8 Å². The topological polar surface area (TPSA) is 52.9 Å². The van der Waals surface area contributed by atoms with Crippen LogP contribution in [0.1, 0.15) is 32.6 Å². The van der Waals surface area contributed by atoms with E-state index in [1.807, 2.05) is 30.3 Å². The molecule has 124 valence electrons. The first-order valence-corrected chi connectivity index (χ1v) is 8.39. The summed E-state index contributed by atoms with van der Waals surface area (Å²) >= 11 is 0. The van der Waals surface area contributed by atoms with Gasteiger partial charge >= 0.3 is 0 Å². The first kappa shape index (κ1) is 17.3. The summed E-state index contributed by atoms with van der Waals surface area (Å²) in [6.07, 6.45) is 3.19. The molecule has 0 saturated carbocycles. The molecule has 1 aliphatic heterocycles. The minimum absolute atomic E-state index is 0.0685. The van der Waals surface area contributed by atoms with Gasteiger partial charge in [0.25, 0.3) is 0 Å². The van der Waals surface area contributed by atoms with Crippen LogP contribution in [0.25, 0.3) is 0 Å². The van der Waals surface area contributed by atoms with Gasteiger partial charge in [-0.05, 0) is 31.4 Å². The van der Waals surface area contributed by atoms with Crippen LogP contribution in [0.4, 0.5) is 0 Å². The number of benzene rings is 1. The zero-order chi connectivity index (χ0) is 15.8. The van der Waals surface area contributed by atoms with Gasteiger partial charge in [-0.3, -0.25) is 0 Å². The molecule has 2 atom stereocenters. The first-order valence-electron chi connectivity index (χ1n) is 8.39. The second-order valence-electron chi connectivity index (χ2n) is 6.37. The fourth-order valence-electron chi connectivity index (χ4n) is 3.40. The lowest BCUT2D eigenvalue weighted by molar-refractivity contribution is -0.0804. The molecule has 1 fully saturated rings. The Balaban J connectivity index is 1.76. The number of nitrogens with zero attached hydrogens (tertiary/aromatic N) is 1. The first-order chi connectivity index (χ1) is 10.7. The third-order valence-electron chi connectivity index (χ3n) is 4.66. The highest BCUT2D eigenvalue weighted by atomic mass is 16.5. The fraction of sp³-hybridized carbons (Fsp3) is 0.667. The van der Waals surface area contributed by atoms with Crippen LogP contribution in [0.3, 0.4) is 0 Å². The Morgan fingerprint density at radius 1 is 1.32 bits per heavy atom. The Labute approximate surface area is 133 Å². The van der Waals surface area contributed by atoms with Gasteiger partial charge in [0.1, 0.15) is 5.75 Å². The van der Waals surface area contributed by atoms with Crippen molar-refractivity contribution in [2.75, 3.05) is 32.8 Å². The Bertz CT molecular complexity index is 426. The number of para-hydroxylation sites is 1. The zero-order valence-corrected chi connectivity index (χ0v) is 13.6. The van der Waals surface area contributed by atoms with Crippen molar-refractivity contribution in [1.29, 1.82) is 0 Å². The van der Waals surface area contributed by atoms with Gasteiger partial charge in [-0.15, -0.1) is 0 Å². The number of ether oxygens (including phenoxy) is 1. The third-order valence-corrected chi connectivity index (χ3v) is 4.66. The summed E-state index contributed by atoms with van der Waals surface area (Å²) in [6.45, 7) is 5.51. The van der Waals surface area contributed by atoms with Crippen molar-refractivity contribution in [3.05, 3.63) is 30.3 Å². The van der Waals surface area contributed by atoms with Gasteiger partial charge in [-0.25, -0.2) is 0 Å². The Kier molecular flexibility index (Phi) is 6.68. The molecule has 0 unspecified atom stereocenters. The van der Waals surface area contributed by atoms with Gasteiger partial charge in [0.2, 0.25) is 0 Å². The summed E-state index contributed by atoms with van der Waals surface area (Å²) in [5, 5.41) is 20.0. The highest BCUT2D eigenvalue weighted by Crippen LogP contribution is 2.34. The second-order valence-corrected chi connectivity index (χ2v) is 6.37. The van der Waals surface area contributed by atoms with Crippen molar-refractivity contribution in [3.8, 4) is 5.75 Å². The molecule has 0 amide bonds. The lowest BCUT2D eigenvalue weighted by atomic mass is 9.74. The molecular weight excluding hydrogens is 278 g/mol. The van der Waals surface area contributed by atoms with E-state index in [1.165, 1.54) is 0 Å². The standard InChI is InChI=1S/C18H29NO3/c1-2-10-18(15-20)14-19(12-9-17(18)21)11-6-13-22-16-7-4-3-5-8-16/h3-5,7-8,17,20-21H,2,6,9-15H2,1H3/t17-,18+/m1/s1. The second kappa shape index (κ2) is 8.51. The van der Waals surface area contributed by atoms with Crippen molar-refractivity contribution in [1.82, 2.24) is 4.90 Å². The predicted molar refractivity (Wildman–Crippen MR) is 88.0 cm³/mol. The van der Waals surface area contributed by atoms with Crippen LogP contribution in [0.2, 0.25) is 0 Å². The molecule has 0 aromatic heterocycles. The van der Waals surface area contributed by atoms with Crippen LogP contribution < -0.4 is 4.74 Å². The molecule has 4 nitrogen and oxygen atoms in total. The molecule has 2 N–H and O–H groups in total. The summed E-state index contributed by atoms with van der Waals surface area (Å²) < 4.78 is 5.72. The fourth-order valence-corrected chi connectivity index (χ4v) is 3.40. The number of piperidine rings is 1. The number of aliphatic hydroxyl groups is 2. The zero-order valence-electron chi connectivity index (χ0n) is 13.6. The lowest BCUT2D eigenvalue weighted by Gasteiger charge is -2.45. The van der Waals surface area contributed by atoms with Crippen molar-refractivity contribution in [2.45, 2.75) is 38.7 Å². The van der Waals surface area contributed by atoms with Gasteiger partial charge in [0.15, 0.2) is 0 Å². The minimum atomic E-state index is -0.380. The summed E-state index contributed by atoms with van der Waals surface area (Å²) in [6, 6.07) is 9.86. The maximum Gasteiger partial charge on any atom is 0.119 e. The SMILES string of the molecule is CCC[C@@]1(CO)CN(CCCOc2ccccc2)CC[C@H]1O. The largest absolute Gasteiger partial charge is 0.494 e. The molecule has 0 spiro atoms. The predicted octanol–water partition coefficient (Wildman–Crippen LogP) is 2.30. The van der Waals surface area contributed by atoms with Gasteiger partial charge in [0, 0.05) is 25.0 Å². The van der Waals surface area contributed by atoms with Crippen molar-refractivity contribution in [2.24, 2.45) is 5.41 Å². The Morgan fingerprint density at radius 2 is 2.09 bits per heavy atom. The molecule has 4 heteroatoms. The number of hydrogen-bond acceptors (Lipinski definition) is 4. The van der Waals surface area contributed by atoms with Crippen LogP contribution in [0.5, 0.6) is 5.75 Å². The molecule has 2 rings (SSSR count). The van der Waals surface area contributed by atoms with E-state index in [1.54, 1.807) is 0 Å². The maximum absolute atomic E-state index is 10.3. The van der Waals surface area contributed by atoms with E-state index < -0.39 is 0 Å².